The van der Waals surface area contributed by atoms with E-state index in [0.29, 0.717) is 18.5 Å². The predicted octanol–water partition coefficient (Wildman–Crippen LogP) is 0.782. The molecule has 1 aromatic rings. The maximum absolute atomic E-state index is 12.0. The molecule has 0 bridgehead atoms. The summed E-state index contributed by atoms with van der Waals surface area (Å²) in [5.41, 5.74) is 0.681. The fraction of sp³-hybridized carbons (Fsp3) is 0.417. The molecule has 1 fully saturated rings. The van der Waals surface area contributed by atoms with Crippen molar-refractivity contribution in [3.63, 3.8) is 0 Å². The summed E-state index contributed by atoms with van der Waals surface area (Å²) in [4.78, 5) is 12.0. The van der Waals surface area contributed by atoms with Gasteiger partial charge in [-0.1, -0.05) is 24.3 Å². The molecule has 15 heavy (non-hydrogen) atoms. The number of carbonyl (C=O) groups is 1. The first kappa shape index (κ1) is 10.3. The van der Waals surface area contributed by atoms with Gasteiger partial charge in [0.05, 0.1) is 12.1 Å². The largest absolute Gasteiger partial charge is 0.393 e. The molecule has 79 valence electrons. The molecule has 1 saturated heterocycles. The van der Waals surface area contributed by atoms with E-state index in [0.717, 1.165) is 6.42 Å². The van der Waals surface area contributed by atoms with Crippen molar-refractivity contribution in [2.75, 3.05) is 6.54 Å². The number of benzene rings is 1. The molecule has 0 saturated carbocycles. The Bertz CT molecular complexity index is 337. The van der Waals surface area contributed by atoms with Crippen molar-refractivity contribution >= 4 is 5.78 Å². The maximum Gasteiger partial charge on any atom is 0.179 e. The smallest absolute Gasteiger partial charge is 0.179 e. The van der Waals surface area contributed by atoms with Crippen LogP contribution in [0.15, 0.2) is 24.3 Å². The molecule has 1 heterocycles. The highest BCUT2D eigenvalue weighted by molar-refractivity contribution is 6.00. The number of aliphatic hydroxyl groups excluding tert-OH is 1. The molecule has 3 heteroatoms. The van der Waals surface area contributed by atoms with Crippen LogP contribution in [0.2, 0.25) is 0 Å². The van der Waals surface area contributed by atoms with Crippen LogP contribution in [-0.4, -0.2) is 29.6 Å². The van der Waals surface area contributed by atoms with Crippen LogP contribution in [0.1, 0.15) is 23.2 Å². The highest BCUT2D eigenvalue weighted by Crippen LogP contribution is 2.13. The lowest BCUT2D eigenvalue weighted by atomic mass is 9.95. The summed E-state index contributed by atoms with van der Waals surface area (Å²) in [6, 6.07) is 9.60. The minimum atomic E-state index is -0.351. The lowest BCUT2D eigenvalue weighted by molar-refractivity contribution is 0.0793. The van der Waals surface area contributed by atoms with E-state index in [-0.39, 0.29) is 17.9 Å². The summed E-state index contributed by atoms with van der Waals surface area (Å²) in [5, 5.41) is 12.6. The molecule has 1 aromatic carbocycles. The van der Waals surface area contributed by atoms with Crippen LogP contribution in [0, 0.1) is 6.07 Å². The van der Waals surface area contributed by atoms with Gasteiger partial charge >= 0.3 is 0 Å². The Balaban J connectivity index is 2.08. The number of hydrogen-bond acceptors (Lipinski definition) is 3. The fourth-order valence-electron chi connectivity index (χ4n) is 1.85. The highest BCUT2D eigenvalue weighted by atomic mass is 16.3. The Morgan fingerprint density at radius 1 is 1.47 bits per heavy atom. The number of piperidine rings is 1. The van der Waals surface area contributed by atoms with Gasteiger partial charge in [0, 0.05) is 5.56 Å². The summed E-state index contributed by atoms with van der Waals surface area (Å²) < 4.78 is 0. The molecule has 2 N–H and O–H groups in total. The monoisotopic (exact) mass is 204 g/mol. The Morgan fingerprint density at radius 3 is 2.87 bits per heavy atom. The molecule has 0 aliphatic carbocycles. The molecule has 1 aliphatic heterocycles. The molecule has 3 nitrogen and oxygen atoms in total. The molecule has 1 radical (unpaired) electrons. The maximum atomic E-state index is 12.0. The van der Waals surface area contributed by atoms with E-state index in [1.165, 1.54) is 0 Å². The zero-order valence-corrected chi connectivity index (χ0v) is 8.44. The summed E-state index contributed by atoms with van der Waals surface area (Å²) in [5.74, 6) is 0.0581. The Hall–Kier alpha value is -1.19. The van der Waals surface area contributed by atoms with Crippen molar-refractivity contribution in [3.8, 4) is 0 Å². The second-order valence-corrected chi connectivity index (χ2v) is 3.84. The summed E-state index contributed by atoms with van der Waals surface area (Å²) >= 11 is 0. The van der Waals surface area contributed by atoms with Crippen LogP contribution >= 0.6 is 0 Å². The van der Waals surface area contributed by atoms with Crippen LogP contribution in [0.4, 0.5) is 0 Å². The molecule has 2 atom stereocenters. The third-order valence-corrected chi connectivity index (χ3v) is 2.70. The fourth-order valence-corrected chi connectivity index (χ4v) is 1.85. The van der Waals surface area contributed by atoms with Gasteiger partial charge < -0.3 is 10.4 Å². The van der Waals surface area contributed by atoms with Gasteiger partial charge in [-0.3, -0.25) is 4.79 Å². The van der Waals surface area contributed by atoms with Crippen molar-refractivity contribution in [2.45, 2.75) is 25.0 Å². The normalized spacial score (nSPS) is 26.2. The van der Waals surface area contributed by atoms with Crippen LogP contribution in [-0.2, 0) is 0 Å². The van der Waals surface area contributed by atoms with Gasteiger partial charge in [0.15, 0.2) is 5.78 Å². The molecule has 2 unspecified atom stereocenters. The minimum absolute atomic E-state index is 0.0581. The van der Waals surface area contributed by atoms with Gasteiger partial charge in [-0.2, -0.15) is 0 Å². The highest BCUT2D eigenvalue weighted by Gasteiger charge is 2.25. The van der Waals surface area contributed by atoms with Crippen LogP contribution in [0.3, 0.4) is 0 Å². The van der Waals surface area contributed by atoms with E-state index >= 15 is 0 Å². The first-order chi connectivity index (χ1) is 7.27. The van der Waals surface area contributed by atoms with Crippen molar-refractivity contribution in [1.29, 1.82) is 0 Å². The number of carbonyl (C=O) groups excluding carboxylic acids is 1. The Labute approximate surface area is 89.1 Å². The minimum Gasteiger partial charge on any atom is -0.393 e. The SMILES string of the molecule is O=C(c1cc[c]cc1)C1CC(O)CCN1. The molecule has 0 amide bonds. The Morgan fingerprint density at radius 2 is 2.20 bits per heavy atom. The zero-order chi connectivity index (χ0) is 10.7. The second-order valence-electron chi connectivity index (χ2n) is 3.84. The zero-order valence-electron chi connectivity index (χ0n) is 8.44. The lowest BCUT2D eigenvalue weighted by Crippen LogP contribution is -2.45. The van der Waals surface area contributed by atoms with Gasteiger partial charge in [-0.25, -0.2) is 0 Å². The summed E-state index contributed by atoms with van der Waals surface area (Å²) in [7, 11) is 0. The molecular formula is C12H14NO2. The van der Waals surface area contributed by atoms with E-state index in [9.17, 15) is 9.90 Å². The quantitative estimate of drug-likeness (QED) is 0.700. The first-order valence-electron chi connectivity index (χ1n) is 5.19. The van der Waals surface area contributed by atoms with Gasteiger partial charge in [-0.05, 0) is 25.5 Å². The van der Waals surface area contributed by atoms with Crippen LogP contribution in [0.25, 0.3) is 0 Å². The van der Waals surface area contributed by atoms with Crippen LogP contribution in [0.5, 0.6) is 0 Å². The van der Waals surface area contributed by atoms with Crippen LogP contribution < -0.4 is 5.32 Å². The summed E-state index contributed by atoms with van der Waals surface area (Å²) in [6.45, 7) is 0.705. The van der Waals surface area contributed by atoms with Crippen molar-refractivity contribution < 1.29 is 9.90 Å². The van der Waals surface area contributed by atoms with Crippen molar-refractivity contribution in [1.82, 2.24) is 5.32 Å². The summed E-state index contributed by atoms with van der Waals surface area (Å²) in [6.07, 6.45) is 0.888. The molecule has 1 aliphatic rings. The van der Waals surface area contributed by atoms with Crippen molar-refractivity contribution in [3.05, 3.63) is 35.9 Å². The van der Waals surface area contributed by atoms with Gasteiger partial charge in [0.25, 0.3) is 0 Å². The third-order valence-electron chi connectivity index (χ3n) is 2.70. The number of nitrogens with one attached hydrogen (secondary N) is 1. The number of ketones is 1. The van der Waals surface area contributed by atoms with Gasteiger partial charge in [0.1, 0.15) is 0 Å². The number of Topliss-reactive ketones (excluding diaryl/α,β-unsaturated/α-hetero) is 1. The van der Waals surface area contributed by atoms with E-state index in [1.54, 1.807) is 24.3 Å². The standard InChI is InChI=1S/C12H14NO2/c14-10-6-7-13-11(8-10)12(15)9-4-2-1-3-5-9/h2-5,10-11,13-14H,6-8H2. The van der Waals surface area contributed by atoms with E-state index in [4.69, 9.17) is 0 Å². The first-order valence-corrected chi connectivity index (χ1v) is 5.19. The average Bonchev–Trinajstić information content (AvgIpc) is 2.29. The lowest BCUT2D eigenvalue weighted by Gasteiger charge is -2.26. The number of rotatable bonds is 2. The second kappa shape index (κ2) is 4.55. The molecular weight excluding hydrogens is 190 g/mol. The van der Waals surface area contributed by atoms with E-state index in [1.807, 2.05) is 0 Å². The molecule has 0 aromatic heterocycles. The van der Waals surface area contributed by atoms with Gasteiger partial charge in [0.2, 0.25) is 0 Å². The molecule has 2 rings (SSSR count). The molecule has 0 spiro atoms. The van der Waals surface area contributed by atoms with E-state index < -0.39 is 0 Å². The Kier molecular flexibility index (Phi) is 3.14. The van der Waals surface area contributed by atoms with Crippen molar-refractivity contribution in [2.24, 2.45) is 0 Å². The van der Waals surface area contributed by atoms with Gasteiger partial charge in [-0.15, -0.1) is 0 Å². The average molecular weight is 204 g/mol. The topological polar surface area (TPSA) is 49.3 Å². The number of hydrogen-bond donors (Lipinski definition) is 2. The number of aliphatic hydroxyl groups is 1. The predicted molar refractivity (Wildman–Crippen MR) is 56.6 cm³/mol. The van der Waals surface area contributed by atoms with E-state index in [2.05, 4.69) is 11.4 Å². The third kappa shape index (κ3) is 2.43.